The molecule has 0 fully saturated rings. The first kappa shape index (κ1) is 18.0. The topological polar surface area (TPSA) is 55.4 Å². The Bertz CT molecular complexity index is 764. The first-order chi connectivity index (χ1) is 11.4. The van der Waals surface area contributed by atoms with E-state index in [0.29, 0.717) is 16.8 Å². The van der Waals surface area contributed by atoms with E-state index in [1.807, 2.05) is 12.3 Å². The maximum atomic E-state index is 13.5. The van der Waals surface area contributed by atoms with Gasteiger partial charge < -0.3 is 10.1 Å². The van der Waals surface area contributed by atoms with Crippen LogP contribution in [0.25, 0.3) is 0 Å². The van der Waals surface area contributed by atoms with Crippen molar-refractivity contribution in [3.8, 4) is 0 Å². The van der Waals surface area contributed by atoms with Gasteiger partial charge in [-0.05, 0) is 49.9 Å². The van der Waals surface area contributed by atoms with E-state index in [-0.39, 0.29) is 0 Å². The zero-order chi connectivity index (χ0) is 17.7. The van der Waals surface area contributed by atoms with Gasteiger partial charge in [0, 0.05) is 10.6 Å². The highest BCUT2D eigenvalue weighted by Crippen LogP contribution is 2.21. The summed E-state index contributed by atoms with van der Waals surface area (Å²) in [5, 5.41) is 2.53. The molecule has 4 nitrogen and oxygen atoms in total. The summed E-state index contributed by atoms with van der Waals surface area (Å²) < 4.78 is 18.7. The average Bonchev–Trinajstić information content (AvgIpc) is 2.57. The van der Waals surface area contributed by atoms with E-state index >= 15 is 0 Å². The van der Waals surface area contributed by atoms with E-state index in [9.17, 15) is 14.0 Å². The smallest absolute Gasteiger partial charge is 0.340 e. The molecule has 0 radical (unpaired) electrons. The van der Waals surface area contributed by atoms with Crippen LogP contribution in [0.2, 0.25) is 0 Å². The van der Waals surface area contributed by atoms with Gasteiger partial charge in [0.2, 0.25) is 0 Å². The van der Waals surface area contributed by atoms with Crippen molar-refractivity contribution in [2.45, 2.75) is 24.8 Å². The molecule has 0 aliphatic heterocycles. The highest BCUT2D eigenvalue weighted by molar-refractivity contribution is 7.98. The number of nitrogens with one attached hydrogen (secondary N) is 1. The van der Waals surface area contributed by atoms with Gasteiger partial charge in [-0.2, -0.15) is 0 Å². The Morgan fingerprint density at radius 2 is 1.92 bits per heavy atom. The van der Waals surface area contributed by atoms with Crippen LogP contribution in [0.15, 0.2) is 47.4 Å². The molecule has 2 aromatic rings. The Morgan fingerprint density at radius 3 is 2.58 bits per heavy atom. The van der Waals surface area contributed by atoms with Gasteiger partial charge in [0.25, 0.3) is 5.91 Å². The molecule has 0 spiro atoms. The third-order valence-corrected chi connectivity index (χ3v) is 4.22. The number of halogens is 1. The van der Waals surface area contributed by atoms with Gasteiger partial charge >= 0.3 is 5.97 Å². The molecule has 1 N–H and O–H groups in total. The lowest BCUT2D eigenvalue weighted by Gasteiger charge is -2.15. The molecule has 1 atom stereocenters. The second kappa shape index (κ2) is 7.97. The minimum Gasteiger partial charge on any atom is -0.449 e. The fourth-order valence-electron chi connectivity index (χ4n) is 2.01. The third kappa shape index (κ3) is 4.35. The minimum atomic E-state index is -1.00. The van der Waals surface area contributed by atoms with Gasteiger partial charge in [-0.3, -0.25) is 4.79 Å². The zero-order valence-electron chi connectivity index (χ0n) is 13.6. The maximum absolute atomic E-state index is 13.5. The summed E-state index contributed by atoms with van der Waals surface area (Å²) in [4.78, 5) is 25.1. The van der Waals surface area contributed by atoms with Crippen LogP contribution in [0, 0.1) is 12.7 Å². The summed E-state index contributed by atoms with van der Waals surface area (Å²) in [7, 11) is 0. The Labute approximate surface area is 144 Å². The molecule has 0 aromatic heterocycles. The lowest BCUT2D eigenvalue weighted by molar-refractivity contribution is -0.123. The van der Waals surface area contributed by atoms with Crippen molar-refractivity contribution in [3.05, 3.63) is 59.4 Å². The van der Waals surface area contributed by atoms with E-state index < -0.39 is 23.8 Å². The van der Waals surface area contributed by atoms with Crippen LogP contribution in [0.5, 0.6) is 0 Å². The number of hydrogen-bond donors (Lipinski definition) is 1. The molecule has 0 saturated heterocycles. The van der Waals surface area contributed by atoms with Crippen molar-refractivity contribution < 1.29 is 18.7 Å². The van der Waals surface area contributed by atoms with Gasteiger partial charge in [-0.1, -0.05) is 18.2 Å². The number of anilines is 1. The van der Waals surface area contributed by atoms with Crippen LogP contribution < -0.4 is 5.32 Å². The number of hydrogen-bond acceptors (Lipinski definition) is 4. The van der Waals surface area contributed by atoms with E-state index in [4.69, 9.17) is 4.74 Å². The lowest BCUT2D eigenvalue weighted by Crippen LogP contribution is -2.30. The zero-order valence-corrected chi connectivity index (χ0v) is 14.4. The molecule has 126 valence electrons. The van der Waals surface area contributed by atoms with Crippen molar-refractivity contribution in [3.63, 3.8) is 0 Å². The molecule has 0 aliphatic rings. The van der Waals surface area contributed by atoms with Crippen molar-refractivity contribution >= 4 is 29.3 Å². The lowest BCUT2D eigenvalue weighted by atomic mass is 10.2. The first-order valence-electron chi connectivity index (χ1n) is 7.33. The summed E-state index contributed by atoms with van der Waals surface area (Å²) in [5.41, 5.74) is 1.21. The number of amides is 1. The van der Waals surface area contributed by atoms with Crippen molar-refractivity contribution in [2.75, 3.05) is 11.6 Å². The molecule has 1 amide bonds. The second-order valence-electron chi connectivity index (χ2n) is 5.20. The molecular weight excluding hydrogens is 329 g/mol. The SMILES string of the molecule is CSc1ccccc1C(=O)O[C@@H](C)C(=O)Nc1ccc(C)c(F)c1. The molecule has 2 aromatic carbocycles. The number of aryl methyl sites for hydroxylation is 1. The number of esters is 1. The number of carbonyl (C=O) groups excluding carboxylic acids is 2. The van der Waals surface area contributed by atoms with Gasteiger partial charge in [0.15, 0.2) is 6.10 Å². The molecule has 24 heavy (non-hydrogen) atoms. The summed E-state index contributed by atoms with van der Waals surface area (Å²) >= 11 is 1.42. The predicted octanol–water partition coefficient (Wildman–Crippen LogP) is 4.04. The van der Waals surface area contributed by atoms with Gasteiger partial charge in [0.05, 0.1) is 5.56 Å². The minimum absolute atomic E-state index is 0.315. The second-order valence-corrected chi connectivity index (χ2v) is 6.05. The number of carbonyl (C=O) groups is 2. The van der Waals surface area contributed by atoms with Gasteiger partial charge in [0.1, 0.15) is 5.82 Å². The van der Waals surface area contributed by atoms with Crippen LogP contribution in [-0.2, 0) is 9.53 Å². The van der Waals surface area contributed by atoms with Crippen LogP contribution in [0.3, 0.4) is 0 Å². The van der Waals surface area contributed by atoms with E-state index in [1.165, 1.54) is 24.8 Å². The Morgan fingerprint density at radius 1 is 1.21 bits per heavy atom. The van der Waals surface area contributed by atoms with Crippen LogP contribution in [0.1, 0.15) is 22.8 Å². The van der Waals surface area contributed by atoms with Crippen LogP contribution in [-0.4, -0.2) is 24.2 Å². The van der Waals surface area contributed by atoms with Crippen LogP contribution >= 0.6 is 11.8 Å². The van der Waals surface area contributed by atoms with E-state index in [0.717, 1.165) is 4.90 Å². The number of rotatable bonds is 5. The molecule has 0 heterocycles. The molecule has 0 aliphatic carbocycles. The summed E-state index contributed by atoms with van der Waals surface area (Å²) in [6, 6.07) is 11.4. The largest absolute Gasteiger partial charge is 0.449 e. The molecule has 0 bridgehead atoms. The molecule has 6 heteroatoms. The highest BCUT2D eigenvalue weighted by Gasteiger charge is 2.20. The average molecular weight is 347 g/mol. The van der Waals surface area contributed by atoms with Crippen molar-refractivity contribution in [1.29, 1.82) is 0 Å². The standard InChI is InChI=1S/C18H18FNO3S/c1-11-8-9-13(10-15(11)19)20-17(21)12(2)23-18(22)14-6-4-5-7-16(14)24-3/h4-10,12H,1-3H3,(H,20,21)/t12-/m0/s1. The number of benzene rings is 2. The quantitative estimate of drug-likeness (QED) is 0.655. The maximum Gasteiger partial charge on any atom is 0.340 e. The fraction of sp³-hybridized carbons (Fsp3) is 0.222. The fourth-order valence-corrected chi connectivity index (χ4v) is 2.59. The number of ether oxygens (including phenoxy) is 1. The molecular formula is C18H18FNO3S. The number of thioether (sulfide) groups is 1. The highest BCUT2D eigenvalue weighted by atomic mass is 32.2. The molecule has 0 unspecified atom stereocenters. The Hall–Kier alpha value is -2.34. The van der Waals surface area contributed by atoms with Crippen LogP contribution in [0.4, 0.5) is 10.1 Å². The summed E-state index contributed by atoms with van der Waals surface area (Å²) in [5.74, 6) is -1.50. The van der Waals surface area contributed by atoms with Crippen molar-refractivity contribution in [2.24, 2.45) is 0 Å². The first-order valence-corrected chi connectivity index (χ1v) is 8.56. The Balaban J connectivity index is 2.03. The third-order valence-electron chi connectivity index (χ3n) is 3.42. The molecule has 2 rings (SSSR count). The van der Waals surface area contributed by atoms with Gasteiger partial charge in [-0.25, -0.2) is 9.18 Å². The molecule has 0 saturated carbocycles. The van der Waals surface area contributed by atoms with Gasteiger partial charge in [-0.15, -0.1) is 11.8 Å². The monoisotopic (exact) mass is 347 g/mol. The van der Waals surface area contributed by atoms with E-state index in [2.05, 4.69) is 5.32 Å². The van der Waals surface area contributed by atoms with E-state index in [1.54, 1.807) is 37.3 Å². The summed E-state index contributed by atoms with van der Waals surface area (Å²) in [6.07, 6.45) is 0.852. The summed E-state index contributed by atoms with van der Waals surface area (Å²) in [6.45, 7) is 3.11. The Kier molecular flexibility index (Phi) is 5.98. The predicted molar refractivity (Wildman–Crippen MR) is 92.9 cm³/mol. The van der Waals surface area contributed by atoms with Crippen molar-refractivity contribution in [1.82, 2.24) is 0 Å². The normalized spacial score (nSPS) is 11.7.